The highest BCUT2D eigenvalue weighted by molar-refractivity contribution is 14.1. The van der Waals surface area contributed by atoms with Gasteiger partial charge in [-0.25, -0.2) is 0 Å². The Bertz CT molecular complexity index is 582. The maximum Gasteiger partial charge on any atom is 0.115 e. The largest absolute Gasteiger partial charge is 0.508 e. The van der Waals surface area contributed by atoms with Crippen molar-refractivity contribution in [1.29, 1.82) is 0 Å². The second kappa shape index (κ2) is 4.90. The van der Waals surface area contributed by atoms with Gasteiger partial charge in [0.15, 0.2) is 0 Å². The lowest BCUT2D eigenvalue weighted by molar-refractivity contribution is 0.471. The number of hydrogen-bond donors (Lipinski definition) is 2. The number of aromatic hydroxyl groups is 1. The minimum absolute atomic E-state index is 0.238. The zero-order valence-corrected chi connectivity index (χ0v) is 12.0. The lowest BCUT2D eigenvalue weighted by Crippen LogP contribution is -2.31. The SMILES string of the molecule is Oc1ccc2c(c1)CCNC2c1ccccc1I. The van der Waals surface area contributed by atoms with Gasteiger partial charge >= 0.3 is 0 Å². The van der Waals surface area contributed by atoms with Gasteiger partial charge in [-0.15, -0.1) is 0 Å². The molecule has 1 unspecified atom stereocenters. The van der Waals surface area contributed by atoms with Gasteiger partial charge in [-0.1, -0.05) is 24.3 Å². The lowest BCUT2D eigenvalue weighted by atomic mass is 9.90. The lowest BCUT2D eigenvalue weighted by Gasteiger charge is -2.28. The van der Waals surface area contributed by atoms with E-state index in [0.29, 0.717) is 5.75 Å². The Morgan fingerprint density at radius 3 is 2.78 bits per heavy atom. The highest BCUT2D eigenvalue weighted by Crippen LogP contribution is 2.32. The zero-order valence-electron chi connectivity index (χ0n) is 9.86. The molecule has 1 heterocycles. The van der Waals surface area contributed by atoms with Crippen molar-refractivity contribution in [2.75, 3.05) is 6.54 Å². The van der Waals surface area contributed by atoms with Crippen LogP contribution in [0.25, 0.3) is 0 Å². The number of halogens is 1. The molecule has 2 aromatic carbocycles. The molecule has 2 N–H and O–H groups in total. The Kier molecular flexibility index (Phi) is 3.26. The number of benzene rings is 2. The van der Waals surface area contributed by atoms with Crippen molar-refractivity contribution in [3.8, 4) is 5.75 Å². The predicted octanol–water partition coefficient (Wildman–Crippen LogP) is 3.23. The summed E-state index contributed by atoms with van der Waals surface area (Å²) in [6.07, 6.45) is 0.976. The van der Waals surface area contributed by atoms with Crippen LogP contribution in [0.1, 0.15) is 22.7 Å². The van der Waals surface area contributed by atoms with Crippen molar-refractivity contribution in [1.82, 2.24) is 5.32 Å². The number of phenols is 1. The molecule has 2 aromatic rings. The molecule has 0 amide bonds. The van der Waals surface area contributed by atoms with E-state index < -0.39 is 0 Å². The van der Waals surface area contributed by atoms with E-state index in [2.05, 4.69) is 52.2 Å². The third-order valence-corrected chi connectivity index (χ3v) is 4.38. The van der Waals surface area contributed by atoms with E-state index in [1.807, 2.05) is 12.1 Å². The van der Waals surface area contributed by atoms with Crippen molar-refractivity contribution in [3.63, 3.8) is 0 Å². The molecule has 2 nitrogen and oxygen atoms in total. The molecule has 0 aromatic heterocycles. The van der Waals surface area contributed by atoms with E-state index >= 15 is 0 Å². The summed E-state index contributed by atoms with van der Waals surface area (Å²) in [6.45, 7) is 0.950. The van der Waals surface area contributed by atoms with E-state index in [-0.39, 0.29) is 6.04 Å². The topological polar surface area (TPSA) is 32.3 Å². The van der Waals surface area contributed by atoms with Crippen LogP contribution < -0.4 is 5.32 Å². The van der Waals surface area contributed by atoms with E-state index in [4.69, 9.17) is 0 Å². The van der Waals surface area contributed by atoms with E-state index in [1.165, 1.54) is 20.3 Å². The normalized spacial score (nSPS) is 18.4. The molecule has 0 saturated heterocycles. The fourth-order valence-electron chi connectivity index (χ4n) is 2.54. The van der Waals surface area contributed by atoms with E-state index in [1.54, 1.807) is 6.07 Å². The first kappa shape index (κ1) is 12.0. The van der Waals surface area contributed by atoms with Crippen LogP contribution in [0.2, 0.25) is 0 Å². The molecule has 0 radical (unpaired) electrons. The number of fused-ring (bicyclic) bond motifs is 1. The minimum Gasteiger partial charge on any atom is -0.508 e. The van der Waals surface area contributed by atoms with Crippen LogP contribution in [0, 0.1) is 3.57 Å². The first-order chi connectivity index (χ1) is 8.75. The molecule has 0 fully saturated rings. The van der Waals surface area contributed by atoms with Crippen LogP contribution in [0.4, 0.5) is 0 Å². The minimum atomic E-state index is 0.238. The van der Waals surface area contributed by atoms with Crippen LogP contribution in [-0.4, -0.2) is 11.7 Å². The highest BCUT2D eigenvalue weighted by Gasteiger charge is 2.22. The van der Waals surface area contributed by atoms with Crippen molar-refractivity contribution in [2.24, 2.45) is 0 Å². The van der Waals surface area contributed by atoms with Gasteiger partial charge in [0.1, 0.15) is 5.75 Å². The first-order valence-electron chi connectivity index (χ1n) is 6.05. The van der Waals surface area contributed by atoms with Gasteiger partial charge in [0.2, 0.25) is 0 Å². The Hall–Kier alpha value is -1.07. The van der Waals surface area contributed by atoms with Crippen LogP contribution in [0.5, 0.6) is 5.75 Å². The molecule has 18 heavy (non-hydrogen) atoms. The highest BCUT2D eigenvalue weighted by atomic mass is 127. The molecule has 0 saturated carbocycles. The molecular formula is C15H14INO. The monoisotopic (exact) mass is 351 g/mol. The van der Waals surface area contributed by atoms with Crippen molar-refractivity contribution in [3.05, 3.63) is 62.7 Å². The third kappa shape index (κ3) is 2.12. The van der Waals surface area contributed by atoms with Crippen molar-refractivity contribution < 1.29 is 5.11 Å². The molecular weight excluding hydrogens is 337 g/mol. The maximum absolute atomic E-state index is 9.58. The first-order valence-corrected chi connectivity index (χ1v) is 7.13. The Balaban J connectivity index is 2.09. The fraction of sp³-hybridized carbons (Fsp3) is 0.200. The summed E-state index contributed by atoms with van der Waals surface area (Å²) in [6, 6.07) is 14.4. The summed E-state index contributed by atoms with van der Waals surface area (Å²) in [5.41, 5.74) is 3.84. The Morgan fingerprint density at radius 2 is 1.94 bits per heavy atom. The molecule has 0 aliphatic carbocycles. The Labute approximate surface area is 120 Å². The number of phenolic OH excluding ortho intramolecular Hbond substituents is 1. The summed E-state index contributed by atoms with van der Waals surface area (Å²) in [5.74, 6) is 0.358. The van der Waals surface area contributed by atoms with Crippen LogP contribution in [0.3, 0.4) is 0 Å². The average molecular weight is 351 g/mol. The molecule has 92 valence electrons. The standard InChI is InChI=1S/C15H14INO/c16-14-4-2-1-3-13(14)15-12-6-5-11(18)9-10(12)7-8-17-15/h1-6,9,15,17-18H,7-8H2. The summed E-state index contributed by atoms with van der Waals surface area (Å²) < 4.78 is 1.27. The van der Waals surface area contributed by atoms with Crippen LogP contribution in [-0.2, 0) is 6.42 Å². The summed E-state index contributed by atoms with van der Waals surface area (Å²) in [7, 11) is 0. The smallest absolute Gasteiger partial charge is 0.115 e. The molecule has 0 spiro atoms. The van der Waals surface area contributed by atoms with Gasteiger partial charge in [-0.2, -0.15) is 0 Å². The number of rotatable bonds is 1. The third-order valence-electron chi connectivity index (χ3n) is 3.40. The van der Waals surface area contributed by atoms with Crippen LogP contribution in [0.15, 0.2) is 42.5 Å². The second-order valence-corrected chi connectivity index (χ2v) is 5.70. The van der Waals surface area contributed by atoms with Crippen molar-refractivity contribution in [2.45, 2.75) is 12.5 Å². The Morgan fingerprint density at radius 1 is 1.11 bits per heavy atom. The van der Waals surface area contributed by atoms with Gasteiger partial charge in [0, 0.05) is 10.1 Å². The fourth-order valence-corrected chi connectivity index (χ4v) is 3.24. The molecule has 3 rings (SSSR count). The van der Waals surface area contributed by atoms with Gasteiger partial charge in [0.05, 0.1) is 6.04 Å². The second-order valence-electron chi connectivity index (χ2n) is 4.54. The van der Waals surface area contributed by atoms with Crippen LogP contribution >= 0.6 is 22.6 Å². The zero-order chi connectivity index (χ0) is 12.5. The molecule has 0 bridgehead atoms. The predicted molar refractivity (Wildman–Crippen MR) is 80.8 cm³/mol. The molecule has 1 atom stereocenters. The quantitative estimate of drug-likeness (QED) is 0.774. The van der Waals surface area contributed by atoms with Gasteiger partial charge in [0.25, 0.3) is 0 Å². The number of hydrogen-bond acceptors (Lipinski definition) is 2. The molecule has 3 heteroatoms. The van der Waals surface area contributed by atoms with Gasteiger partial charge < -0.3 is 10.4 Å². The van der Waals surface area contributed by atoms with E-state index in [0.717, 1.165) is 13.0 Å². The number of nitrogens with one attached hydrogen (secondary N) is 1. The molecule has 1 aliphatic rings. The van der Waals surface area contributed by atoms with E-state index in [9.17, 15) is 5.11 Å². The average Bonchev–Trinajstić information content (AvgIpc) is 2.38. The summed E-state index contributed by atoms with van der Waals surface area (Å²) in [5, 5.41) is 13.1. The van der Waals surface area contributed by atoms with Gasteiger partial charge in [-0.3, -0.25) is 0 Å². The van der Waals surface area contributed by atoms with Crippen molar-refractivity contribution >= 4 is 22.6 Å². The molecule has 1 aliphatic heterocycles. The van der Waals surface area contributed by atoms with Gasteiger partial charge in [-0.05, 0) is 63.9 Å². The summed E-state index contributed by atoms with van der Waals surface area (Å²) in [4.78, 5) is 0. The summed E-state index contributed by atoms with van der Waals surface area (Å²) >= 11 is 2.38. The maximum atomic E-state index is 9.58.